The molecule has 7 heteroatoms. The topological polar surface area (TPSA) is 71.7 Å². The summed E-state index contributed by atoms with van der Waals surface area (Å²) < 4.78 is 7.56. The van der Waals surface area contributed by atoms with Gasteiger partial charge in [-0.2, -0.15) is 4.98 Å². The van der Waals surface area contributed by atoms with Crippen molar-refractivity contribution in [2.45, 2.75) is 6.04 Å². The van der Waals surface area contributed by atoms with Crippen LogP contribution in [0.5, 0.6) is 0 Å². The van der Waals surface area contributed by atoms with E-state index in [4.69, 9.17) is 9.84 Å². The van der Waals surface area contributed by atoms with Crippen LogP contribution in [-0.2, 0) is 4.74 Å². The molecule has 2 heterocycles. The van der Waals surface area contributed by atoms with E-state index in [0.717, 1.165) is 10.1 Å². The second-order valence-electron chi connectivity index (χ2n) is 3.56. The molecule has 0 fully saturated rings. The van der Waals surface area contributed by atoms with Crippen LogP contribution in [0.2, 0.25) is 0 Å². The Morgan fingerprint density at radius 3 is 3.12 bits per heavy atom. The van der Waals surface area contributed by atoms with Gasteiger partial charge in [0, 0.05) is 17.8 Å². The Kier molecular flexibility index (Phi) is 3.93. The molecule has 0 saturated carbocycles. The van der Waals surface area contributed by atoms with Crippen molar-refractivity contribution < 1.29 is 9.84 Å². The fourth-order valence-electron chi connectivity index (χ4n) is 1.44. The quantitative estimate of drug-likeness (QED) is 0.859. The molecule has 92 valence electrons. The smallest absolute Gasteiger partial charge is 0.243 e. The molecule has 0 bridgehead atoms. The SMILES string of the molecule is COCC(CO)Nc1nc2ccc(Br)cn2n1. The van der Waals surface area contributed by atoms with Crippen molar-refractivity contribution in [3.05, 3.63) is 22.8 Å². The van der Waals surface area contributed by atoms with Crippen molar-refractivity contribution in [1.29, 1.82) is 0 Å². The van der Waals surface area contributed by atoms with E-state index < -0.39 is 0 Å². The van der Waals surface area contributed by atoms with Crippen LogP contribution in [-0.4, -0.2) is 46.1 Å². The summed E-state index contributed by atoms with van der Waals surface area (Å²) in [5, 5.41) is 16.4. The van der Waals surface area contributed by atoms with Crippen LogP contribution in [0.25, 0.3) is 5.65 Å². The van der Waals surface area contributed by atoms with Crippen LogP contribution in [0.15, 0.2) is 22.8 Å². The molecule has 17 heavy (non-hydrogen) atoms. The van der Waals surface area contributed by atoms with E-state index in [0.29, 0.717) is 12.6 Å². The van der Waals surface area contributed by atoms with Crippen LogP contribution >= 0.6 is 15.9 Å². The summed E-state index contributed by atoms with van der Waals surface area (Å²) in [6.45, 7) is 0.364. The first kappa shape index (κ1) is 12.3. The number of nitrogens with one attached hydrogen (secondary N) is 1. The number of pyridine rings is 1. The van der Waals surface area contributed by atoms with Crippen LogP contribution in [0.1, 0.15) is 0 Å². The highest BCUT2D eigenvalue weighted by Gasteiger charge is 2.10. The molecule has 2 N–H and O–H groups in total. The maximum atomic E-state index is 9.13. The Balaban J connectivity index is 2.18. The highest BCUT2D eigenvalue weighted by atomic mass is 79.9. The van der Waals surface area contributed by atoms with Gasteiger partial charge >= 0.3 is 0 Å². The van der Waals surface area contributed by atoms with Crippen molar-refractivity contribution in [3.8, 4) is 0 Å². The van der Waals surface area contributed by atoms with E-state index in [1.807, 2.05) is 18.3 Å². The van der Waals surface area contributed by atoms with E-state index in [2.05, 4.69) is 31.3 Å². The Bertz CT molecular complexity index is 502. The summed E-state index contributed by atoms with van der Waals surface area (Å²) in [7, 11) is 1.58. The molecule has 1 unspecified atom stereocenters. The zero-order chi connectivity index (χ0) is 12.3. The zero-order valence-corrected chi connectivity index (χ0v) is 10.9. The number of hydrogen-bond acceptors (Lipinski definition) is 5. The number of fused-ring (bicyclic) bond motifs is 1. The van der Waals surface area contributed by atoms with E-state index >= 15 is 0 Å². The number of nitrogens with zero attached hydrogens (tertiary/aromatic N) is 3. The third-order valence-corrected chi connectivity index (χ3v) is 2.69. The fraction of sp³-hybridized carbons (Fsp3) is 0.400. The minimum Gasteiger partial charge on any atom is -0.394 e. The molecule has 0 aromatic carbocycles. The van der Waals surface area contributed by atoms with E-state index in [-0.39, 0.29) is 12.6 Å². The van der Waals surface area contributed by atoms with Crippen molar-refractivity contribution in [1.82, 2.24) is 14.6 Å². The summed E-state index contributed by atoms with van der Waals surface area (Å²) in [5.41, 5.74) is 0.741. The van der Waals surface area contributed by atoms with Gasteiger partial charge in [-0.3, -0.25) is 0 Å². The predicted octanol–water partition coefficient (Wildman–Crippen LogP) is 0.911. The standard InChI is InChI=1S/C10H13BrN4O2/c1-17-6-8(5-16)12-10-13-9-3-2-7(11)4-15(9)14-10/h2-4,8,16H,5-6H2,1H3,(H,12,14). The third kappa shape index (κ3) is 2.93. The number of aliphatic hydroxyl groups excluding tert-OH is 1. The molecule has 2 aromatic rings. The van der Waals surface area contributed by atoms with Gasteiger partial charge in [-0.05, 0) is 28.1 Å². The van der Waals surface area contributed by atoms with Crippen molar-refractivity contribution in [2.75, 3.05) is 25.6 Å². The number of aliphatic hydroxyl groups is 1. The number of aromatic nitrogens is 3. The van der Waals surface area contributed by atoms with Gasteiger partial charge in [-0.1, -0.05) is 0 Å². The second kappa shape index (κ2) is 5.44. The van der Waals surface area contributed by atoms with Crippen LogP contribution < -0.4 is 5.32 Å². The summed E-state index contributed by atoms with van der Waals surface area (Å²) in [6, 6.07) is 3.54. The number of methoxy groups -OCH3 is 1. The first-order chi connectivity index (χ1) is 8.22. The van der Waals surface area contributed by atoms with E-state index in [1.54, 1.807) is 11.6 Å². The Labute approximate surface area is 107 Å². The van der Waals surface area contributed by atoms with Gasteiger partial charge in [0.1, 0.15) is 0 Å². The molecular formula is C10H13BrN4O2. The highest BCUT2D eigenvalue weighted by Crippen LogP contribution is 2.12. The van der Waals surface area contributed by atoms with Gasteiger partial charge in [0.15, 0.2) is 5.65 Å². The number of hydrogen-bond donors (Lipinski definition) is 2. The Hall–Kier alpha value is -1.18. The molecule has 0 aliphatic heterocycles. The highest BCUT2D eigenvalue weighted by molar-refractivity contribution is 9.10. The molecule has 0 saturated heterocycles. The lowest BCUT2D eigenvalue weighted by Crippen LogP contribution is -2.29. The van der Waals surface area contributed by atoms with Gasteiger partial charge in [0.2, 0.25) is 5.95 Å². The summed E-state index contributed by atoms with van der Waals surface area (Å²) in [6.07, 6.45) is 1.82. The largest absolute Gasteiger partial charge is 0.394 e. The number of ether oxygens (including phenoxy) is 1. The predicted molar refractivity (Wildman–Crippen MR) is 67.1 cm³/mol. The minimum atomic E-state index is -0.208. The number of anilines is 1. The van der Waals surface area contributed by atoms with Crippen molar-refractivity contribution >= 4 is 27.5 Å². The molecular weight excluding hydrogens is 288 g/mol. The maximum Gasteiger partial charge on any atom is 0.243 e. The lowest BCUT2D eigenvalue weighted by atomic mass is 10.3. The van der Waals surface area contributed by atoms with Crippen LogP contribution in [0, 0.1) is 0 Å². The molecule has 0 aliphatic carbocycles. The Morgan fingerprint density at radius 1 is 1.59 bits per heavy atom. The summed E-state index contributed by atoms with van der Waals surface area (Å²) in [5.74, 6) is 0.471. The minimum absolute atomic E-state index is 0.0346. The molecule has 6 nitrogen and oxygen atoms in total. The lowest BCUT2D eigenvalue weighted by Gasteiger charge is -2.12. The second-order valence-corrected chi connectivity index (χ2v) is 4.48. The average Bonchev–Trinajstić information content (AvgIpc) is 2.69. The van der Waals surface area contributed by atoms with Crippen LogP contribution in [0.3, 0.4) is 0 Å². The fourth-order valence-corrected chi connectivity index (χ4v) is 1.77. The van der Waals surface area contributed by atoms with Gasteiger partial charge < -0.3 is 15.2 Å². The monoisotopic (exact) mass is 300 g/mol. The van der Waals surface area contributed by atoms with Gasteiger partial charge in [0.05, 0.1) is 19.3 Å². The van der Waals surface area contributed by atoms with Crippen LogP contribution in [0.4, 0.5) is 5.95 Å². The maximum absolute atomic E-state index is 9.13. The van der Waals surface area contributed by atoms with Gasteiger partial charge in [-0.25, -0.2) is 4.52 Å². The zero-order valence-electron chi connectivity index (χ0n) is 9.30. The summed E-state index contributed by atoms with van der Waals surface area (Å²) >= 11 is 3.36. The lowest BCUT2D eigenvalue weighted by molar-refractivity contribution is 0.153. The van der Waals surface area contributed by atoms with Crippen molar-refractivity contribution in [3.63, 3.8) is 0 Å². The first-order valence-electron chi connectivity index (χ1n) is 5.11. The molecule has 2 rings (SSSR count). The van der Waals surface area contributed by atoms with Gasteiger partial charge in [-0.15, -0.1) is 5.10 Å². The number of halogens is 1. The Morgan fingerprint density at radius 2 is 2.41 bits per heavy atom. The molecule has 0 aliphatic rings. The van der Waals surface area contributed by atoms with E-state index in [1.165, 1.54) is 0 Å². The average molecular weight is 301 g/mol. The van der Waals surface area contributed by atoms with Crippen molar-refractivity contribution in [2.24, 2.45) is 0 Å². The first-order valence-corrected chi connectivity index (χ1v) is 5.90. The molecule has 1 atom stereocenters. The van der Waals surface area contributed by atoms with E-state index in [9.17, 15) is 0 Å². The molecule has 0 spiro atoms. The third-order valence-electron chi connectivity index (χ3n) is 2.22. The molecule has 0 amide bonds. The molecule has 2 aromatic heterocycles. The normalized spacial score (nSPS) is 12.9. The molecule has 0 radical (unpaired) electrons. The number of rotatable bonds is 5. The summed E-state index contributed by atoms with van der Waals surface area (Å²) in [4.78, 5) is 4.28. The van der Waals surface area contributed by atoms with Gasteiger partial charge in [0.25, 0.3) is 0 Å².